The van der Waals surface area contributed by atoms with E-state index >= 15 is 0 Å². The van der Waals surface area contributed by atoms with Gasteiger partial charge in [-0.1, -0.05) is 96.5 Å². The largest absolute Gasteiger partial charge is 0.492 e. The van der Waals surface area contributed by atoms with E-state index in [4.69, 9.17) is 25.8 Å². The number of carboxylic acids is 1. The van der Waals surface area contributed by atoms with E-state index < -0.39 is 50.2 Å². The molecule has 1 spiro atoms. The summed E-state index contributed by atoms with van der Waals surface area (Å²) in [5.74, 6) is -0.813. The lowest BCUT2D eigenvalue weighted by molar-refractivity contribution is -0.166. The number of benzene rings is 5. The number of ether oxygens (including phenoxy) is 3. The number of halogens is 1. The van der Waals surface area contributed by atoms with Crippen LogP contribution in [0.1, 0.15) is 43.4 Å². The zero-order valence-corrected chi connectivity index (χ0v) is 37.1. The SMILES string of the molecule is C=C(C)[C@@H]1CC2(CCN(S(=O)(=O)c3ccc(-c4ccccc4)cc3)CC2)[C@@H](Cc2ccccc2)O[C@H]1c1cc(S(=O)(=O)N(C)CCOc2ccc(Cl)cc2)ccc1OCC(=O)O. The number of aliphatic carboxylic acids is 1. The molecular formula is C48H51ClN2O9S2. The van der Waals surface area contributed by atoms with Gasteiger partial charge in [-0.25, -0.2) is 21.6 Å². The summed E-state index contributed by atoms with van der Waals surface area (Å²) >= 11 is 5.99. The first-order valence-corrected chi connectivity index (χ1v) is 23.8. The van der Waals surface area contributed by atoms with Gasteiger partial charge >= 0.3 is 5.97 Å². The third kappa shape index (κ3) is 10.1. The Morgan fingerprint density at radius 1 is 0.855 bits per heavy atom. The van der Waals surface area contributed by atoms with E-state index in [9.17, 15) is 26.7 Å². The predicted molar refractivity (Wildman–Crippen MR) is 239 cm³/mol. The molecule has 1 N–H and O–H groups in total. The average molecular weight is 900 g/mol. The second-order valence-corrected chi connectivity index (χ2v) is 20.5. The number of likely N-dealkylation sites (N-methyl/N-ethyl adjacent to an activating group) is 1. The third-order valence-corrected chi connectivity index (χ3v) is 16.1. The predicted octanol–water partition coefficient (Wildman–Crippen LogP) is 8.91. The van der Waals surface area contributed by atoms with Crippen LogP contribution in [0.25, 0.3) is 11.1 Å². The minimum atomic E-state index is -4.08. The first-order chi connectivity index (χ1) is 29.7. The summed E-state index contributed by atoms with van der Waals surface area (Å²) in [5, 5.41) is 10.2. The van der Waals surface area contributed by atoms with Gasteiger partial charge in [0, 0.05) is 48.6 Å². The number of carboxylic acid groups (broad SMARTS) is 1. The Hall–Kier alpha value is -5.02. The number of sulfonamides is 2. The van der Waals surface area contributed by atoms with E-state index in [0.29, 0.717) is 42.0 Å². The van der Waals surface area contributed by atoms with Crippen LogP contribution in [0.15, 0.2) is 149 Å². The number of nitrogens with zero attached hydrogens (tertiary/aromatic N) is 2. The topological polar surface area (TPSA) is 140 Å². The number of rotatable bonds is 16. The lowest BCUT2D eigenvalue weighted by Crippen LogP contribution is -2.53. The van der Waals surface area contributed by atoms with Gasteiger partial charge in [-0.2, -0.15) is 8.61 Å². The fourth-order valence-electron chi connectivity index (χ4n) is 8.51. The lowest BCUT2D eigenvalue weighted by atomic mass is 9.63. The Bertz CT molecular complexity index is 2570. The van der Waals surface area contributed by atoms with Crippen LogP contribution in [0.4, 0.5) is 0 Å². The van der Waals surface area contributed by atoms with Crippen LogP contribution in [-0.4, -0.2) is 82.5 Å². The lowest BCUT2D eigenvalue weighted by Gasteiger charge is -2.53. The van der Waals surface area contributed by atoms with Crippen molar-refractivity contribution in [1.29, 1.82) is 0 Å². The van der Waals surface area contributed by atoms with Crippen LogP contribution in [0.2, 0.25) is 5.02 Å². The maximum absolute atomic E-state index is 14.1. The van der Waals surface area contributed by atoms with Crippen molar-refractivity contribution in [2.75, 3.05) is 39.9 Å². The molecule has 0 aromatic heterocycles. The van der Waals surface area contributed by atoms with Gasteiger partial charge in [0.1, 0.15) is 18.1 Å². The van der Waals surface area contributed by atoms with Crippen molar-refractivity contribution in [2.24, 2.45) is 11.3 Å². The molecule has 0 saturated carbocycles. The summed E-state index contributed by atoms with van der Waals surface area (Å²) in [7, 11) is -6.41. The molecule has 5 aromatic carbocycles. The summed E-state index contributed by atoms with van der Waals surface area (Å²) in [6.07, 6.45) is 0.911. The van der Waals surface area contributed by atoms with E-state index in [-0.39, 0.29) is 47.7 Å². The van der Waals surface area contributed by atoms with E-state index in [1.807, 2.05) is 79.7 Å². The van der Waals surface area contributed by atoms with Crippen molar-refractivity contribution in [3.8, 4) is 22.6 Å². The molecule has 11 nitrogen and oxygen atoms in total. The molecule has 326 valence electrons. The van der Waals surface area contributed by atoms with Crippen LogP contribution in [0, 0.1) is 11.3 Å². The zero-order chi connectivity index (χ0) is 44.1. The minimum absolute atomic E-state index is 0.0246. The standard InChI is InChI=1S/C48H51ClN2O9S2/c1-34(2)43-32-48(24-26-51(27-25-48)62(56,57)40-20-14-37(15-21-40)36-12-8-5-9-13-36)45(30-35-10-6-4-7-11-35)60-47(43)42-31-41(22-23-44(42)59-33-46(52)53)61(54,55)50(3)28-29-58-39-18-16-38(49)17-19-39/h4-23,31,43,45,47H,1,24-30,32-33H2,2-3H3,(H,52,53)/t43-,45+,47-/m0/s1. The minimum Gasteiger partial charge on any atom is -0.492 e. The monoisotopic (exact) mass is 898 g/mol. The molecule has 2 aliphatic heterocycles. The van der Waals surface area contributed by atoms with Crippen molar-refractivity contribution in [2.45, 2.75) is 54.6 Å². The molecule has 3 atom stereocenters. The van der Waals surface area contributed by atoms with Gasteiger partial charge in [0.25, 0.3) is 0 Å². The molecule has 2 aliphatic rings. The summed E-state index contributed by atoms with van der Waals surface area (Å²) in [5.41, 5.74) is 3.65. The maximum atomic E-state index is 14.1. The highest BCUT2D eigenvalue weighted by Crippen LogP contribution is 2.55. The molecule has 0 radical (unpaired) electrons. The molecule has 2 heterocycles. The summed E-state index contributed by atoms with van der Waals surface area (Å²) in [4.78, 5) is 12.0. The van der Waals surface area contributed by atoms with E-state index in [1.54, 1.807) is 40.7 Å². The quantitative estimate of drug-likeness (QED) is 0.0963. The van der Waals surface area contributed by atoms with E-state index in [0.717, 1.165) is 22.3 Å². The number of piperidine rings is 1. The van der Waals surface area contributed by atoms with Crippen molar-refractivity contribution >= 4 is 37.6 Å². The molecular weight excluding hydrogens is 848 g/mol. The van der Waals surface area contributed by atoms with Gasteiger partial charge in [0.2, 0.25) is 20.0 Å². The first-order valence-electron chi connectivity index (χ1n) is 20.5. The molecule has 62 heavy (non-hydrogen) atoms. The fraction of sp³-hybridized carbons (Fsp3) is 0.312. The maximum Gasteiger partial charge on any atom is 0.341 e. The highest BCUT2D eigenvalue weighted by atomic mass is 35.5. The molecule has 0 unspecified atom stereocenters. The van der Waals surface area contributed by atoms with Crippen LogP contribution >= 0.6 is 11.6 Å². The van der Waals surface area contributed by atoms with Gasteiger partial charge in [-0.3, -0.25) is 0 Å². The fourth-order valence-corrected chi connectivity index (χ4v) is 11.3. The van der Waals surface area contributed by atoms with Gasteiger partial charge in [0.15, 0.2) is 6.61 Å². The molecule has 0 amide bonds. The third-order valence-electron chi connectivity index (χ3n) is 12.0. The normalized spacial score (nSPS) is 19.3. The van der Waals surface area contributed by atoms with Crippen LogP contribution in [0.5, 0.6) is 11.5 Å². The van der Waals surface area contributed by atoms with Crippen LogP contribution < -0.4 is 9.47 Å². The number of hydrogen-bond acceptors (Lipinski definition) is 8. The second-order valence-electron chi connectivity index (χ2n) is 16.1. The molecule has 2 saturated heterocycles. The zero-order valence-electron chi connectivity index (χ0n) is 34.7. The Morgan fingerprint density at radius 2 is 1.47 bits per heavy atom. The van der Waals surface area contributed by atoms with Crippen molar-refractivity contribution < 1.29 is 40.9 Å². The number of carbonyl (C=O) groups is 1. The van der Waals surface area contributed by atoms with Crippen LogP contribution in [0.3, 0.4) is 0 Å². The van der Waals surface area contributed by atoms with E-state index in [1.165, 1.54) is 29.6 Å². The highest BCUT2D eigenvalue weighted by Gasteiger charge is 2.52. The van der Waals surface area contributed by atoms with Gasteiger partial charge in [0.05, 0.1) is 22.0 Å². The summed E-state index contributed by atoms with van der Waals surface area (Å²) < 4.78 is 77.9. The molecule has 7 rings (SSSR count). The van der Waals surface area contributed by atoms with Crippen LogP contribution in [-0.2, 0) is 36.0 Å². The van der Waals surface area contributed by atoms with Crippen molar-refractivity contribution in [1.82, 2.24) is 8.61 Å². The molecule has 2 fully saturated rings. The summed E-state index contributed by atoms with van der Waals surface area (Å²) in [6.45, 7) is 6.29. The smallest absolute Gasteiger partial charge is 0.341 e. The van der Waals surface area contributed by atoms with Crippen molar-refractivity contribution in [3.63, 3.8) is 0 Å². The Kier molecular flexibility index (Phi) is 13.9. The summed E-state index contributed by atoms with van der Waals surface area (Å²) in [6, 6.07) is 37.9. The van der Waals surface area contributed by atoms with E-state index in [2.05, 4.69) is 6.58 Å². The molecule has 0 bridgehead atoms. The number of hydrogen-bond donors (Lipinski definition) is 1. The Labute approximate surface area is 369 Å². The molecule has 0 aliphatic carbocycles. The Balaban J connectivity index is 1.17. The first kappa shape index (κ1) is 45.0. The van der Waals surface area contributed by atoms with Gasteiger partial charge in [-0.15, -0.1) is 0 Å². The molecule has 14 heteroatoms. The highest BCUT2D eigenvalue weighted by molar-refractivity contribution is 7.89. The molecule has 5 aromatic rings. The van der Waals surface area contributed by atoms with Gasteiger partial charge in [-0.05, 0) is 104 Å². The Morgan fingerprint density at radius 3 is 2.10 bits per heavy atom. The van der Waals surface area contributed by atoms with Crippen molar-refractivity contribution in [3.05, 3.63) is 156 Å². The second kappa shape index (κ2) is 19.2. The average Bonchev–Trinajstić information content (AvgIpc) is 3.27. The van der Waals surface area contributed by atoms with Gasteiger partial charge < -0.3 is 19.3 Å².